The predicted molar refractivity (Wildman–Crippen MR) is 80.5 cm³/mol. The Kier molecular flexibility index (Phi) is 3.57. The van der Waals surface area contributed by atoms with E-state index in [0.29, 0.717) is 17.2 Å². The lowest BCUT2D eigenvalue weighted by Gasteiger charge is -2.42. The number of amides is 1. The van der Waals surface area contributed by atoms with Gasteiger partial charge in [-0.05, 0) is 58.5 Å². The number of piperazine rings is 1. The molecule has 1 N–H and O–H groups in total. The van der Waals surface area contributed by atoms with Crippen LogP contribution >= 0.6 is 0 Å². The average molecular weight is 279 g/mol. The number of nitrogens with one attached hydrogen (secondary N) is 1. The van der Waals surface area contributed by atoms with Crippen LogP contribution in [0.4, 0.5) is 0 Å². The Hall–Kier alpha value is -0.610. The lowest BCUT2D eigenvalue weighted by atomic mass is 9.91. The van der Waals surface area contributed by atoms with Crippen LogP contribution in [0, 0.1) is 11.3 Å². The van der Waals surface area contributed by atoms with E-state index in [0.717, 1.165) is 45.7 Å². The summed E-state index contributed by atoms with van der Waals surface area (Å²) in [5.41, 5.74) is 0.606. The molecule has 3 rings (SSSR count). The smallest absolute Gasteiger partial charge is 0.226 e. The molecule has 0 aromatic carbocycles. The number of carbonyl (C=O) groups is 1. The third kappa shape index (κ3) is 2.60. The molecule has 2 aliphatic heterocycles. The van der Waals surface area contributed by atoms with Gasteiger partial charge in [-0.25, -0.2) is 0 Å². The van der Waals surface area contributed by atoms with Gasteiger partial charge in [0.2, 0.25) is 5.91 Å². The molecule has 0 aromatic rings. The maximum absolute atomic E-state index is 12.7. The van der Waals surface area contributed by atoms with Crippen LogP contribution in [0.15, 0.2) is 0 Å². The summed E-state index contributed by atoms with van der Waals surface area (Å²) < 4.78 is 0. The Morgan fingerprint density at radius 2 is 1.70 bits per heavy atom. The fraction of sp³-hybridized carbons (Fsp3) is 0.938. The van der Waals surface area contributed by atoms with Crippen LogP contribution in [0.1, 0.15) is 40.0 Å². The van der Waals surface area contributed by atoms with E-state index in [4.69, 9.17) is 0 Å². The lowest BCUT2D eigenvalue weighted by Crippen LogP contribution is -2.55. The van der Waals surface area contributed by atoms with Crippen LogP contribution < -0.4 is 5.32 Å². The highest BCUT2D eigenvalue weighted by Crippen LogP contribution is 2.59. The maximum atomic E-state index is 12.7. The molecule has 2 saturated heterocycles. The van der Waals surface area contributed by atoms with E-state index in [1.165, 1.54) is 12.8 Å². The van der Waals surface area contributed by atoms with E-state index < -0.39 is 0 Å². The van der Waals surface area contributed by atoms with Gasteiger partial charge in [-0.2, -0.15) is 0 Å². The minimum atomic E-state index is 0.227. The van der Waals surface area contributed by atoms with Gasteiger partial charge in [-0.15, -0.1) is 0 Å². The van der Waals surface area contributed by atoms with Crippen LogP contribution in [0.25, 0.3) is 0 Å². The van der Waals surface area contributed by atoms with Gasteiger partial charge in [0, 0.05) is 37.6 Å². The highest BCUT2D eigenvalue weighted by molar-refractivity contribution is 5.83. The zero-order valence-corrected chi connectivity index (χ0v) is 13.2. The number of hydrogen-bond acceptors (Lipinski definition) is 3. The molecule has 1 amide bonds. The normalized spacial score (nSPS) is 30.6. The Morgan fingerprint density at radius 1 is 1.10 bits per heavy atom. The molecule has 20 heavy (non-hydrogen) atoms. The molecule has 114 valence electrons. The Morgan fingerprint density at radius 3 is 2.25 bits per heavy atom. The fourth-order valence-corrected chi connectivity index (χ4v) is 3.99. The molecule has 3 aliphatic rings. The van der Waals surface area contributed by atoms with Crippen molar-refractivity contribution in [3.63, 3.8) is 0 Å². The Labute approximate surface area is 122 Å². The highest BCUT2D eigenvalue weighted by Gasteiger charge is 2.58. The van der Waals surface area contributed by atoms with Gasteiger partial charge < -0.3 is 10.2 Å². The van der Waals surface area contributed by atoms with Gasteiger partial charge in [-0.1, -0.05) is 0 Å². The zero-order valence-electron chi connectivity index (χ0n) is 13.2. The van der Waals surface area contributed by atoms with Gasteiger partial charge in [0.25, 0.3) is 0 Å². The zero-order chi connectivity index (χ0) is 14.4. The fourth-order valence-electron chi connectivity index (χ4n) is 3.99. The van der Waals surface area contributed by atoms with Gasteiger partial charge in [-0.3, -0.25) is 9.69 Å². The van der Waals surface area contributed by atoms with Crippen LogP contribution in [0.2, 0.25) is 0 Å². The first-order chi connectivity index (χ1) is 9.42. The van der Waals surface area contributed by atoms with E-state index in [1.807, 2.05) is 0 Å². The number of carbonyl (C=O) groups excluding carboxylic acids is 1. The summed E-state index contributed by atoms with van der Waals surface area (Å²) >= 11 is 0. The largest absolute Gasteiger partial charge is 0.340 e. The summed E-state index contributed by atoms with van der Waals surface area (Å²) in [6.45, 7) is 12.9. The summed E-state index contributed by atoms with van der Waals surface area (Å²) in [5, 5.41) is 3.41. The quantitative estimate of drug-likeness (QED) is 0.786. The van der Waals surface area contributed by atoms with Gasteiger partial charge in [0.1, 0.15) is 0 Å². The third-order valence-electron chi connectivity index (χ3n) is 5.63. The first-order valence-corrected chi connectivity index (χ1v) is 8.17. The minimum Gasteiger partial charge on any atom is -0.340 e. The summed E-state index contributed by atoms with van der Waals surface area (Å²) in [6.07, 6.45) is 3.55. The molecule has 0 radical (unpaired) electrons. The van der Waals surface area contributed by atoms with E-state index in [2.05, 4.69) is 35.9 Å². The molecule has 0 aromatic heterocycles. The number of nitrogens with zero attached hydrogens (tertiary/aromatic N) is 2. The predicted octanol–water partition coefficient (Wildman–Crippen LogP) is 1.32. The molecule has 4 nitrogen and oxygen atoms in total. The van der Waals surface area contributed by atoms with Crippen molar-refractivity contribution < 1.29 is 4.79 Å². The minimum absolute atomic E-state index is 0.227. The third-order valence-corrected chi connectivity index (χ3v) is 5.63. The molecule has 1 atom stereocenters. The van der Waals surface area contributed by atoms with Gasteiger partial charge in [0.05, 0.1) is 0 Å². The first-order valence-electron chi connectivity index (χ1n) is 8.17. The highest BCUT2D eigenvalue weighted by atomic mass is 16.2. The summed E-state index contributed by atoms with van der Waals surface area (Å²) in [7, 11) is 0. The molecule has 3 fully saturated rings. The second-order valence-electron chi connectivity index (χ2n) is 7.85. The summed E-state index contributed by atoms with van der Waals surface area (Å²) in [4.78, 5) is 17.3. The monoisotopic (exact) mass is 279 g/mol. The van der Waals surface area contributed by atoms with E-state index >= 15 is 0 Å². The molecular weight excluding hydrogens is 250 g/mol. The van der Waals surface area contributed by atoms with E-state index in [1.54, 1.807) is 0 Å². The van der Waals surface area contributed by atoms with E-state index in [-0.39, 0.29) is 5.54 Å². The Balaban J connectivity index is 1.53. The molecule has 1 aliphatic carbocycles. The van der Waals surface area contributed by atoms with Crippen LogP contribution in [-0.4, -0.2) is 60.5 Å². The van der Waals surface area contributed by atoms with Crippen LogP contribution in [-0.2, 0) is 4.79 Å². The SMILES string of the molecule is CC(C)(C)N1CCN(C(=O)C2CC23CCNCC3)CC1. The molecule has 0 bridgehead atoms. The van der Waals surface area contributed by atoms with Crippen molar-refractivity contribution in [2.75, 3.05) is 39.3 Å². The molecule has 1 spiro atoms. The molecule has 1 unspecified atom stereocenters. The standard InChI is InChI=1S/C16H29N3O/c1-15(2,3)19-10-8-18(9-11-19)14(20)13-12-16(13)4-6-17-7-5-16/h13,17H,4-12H2,1-3H3. The molecule has 4 heteroatoms. The number of piperidine rings is 1. The topological polar surface area (TPSA) is 35.6 Å². The van der Waals surface area contributed by atoms with Gasteiger partial charge in [0.15, 0.2) is 0 Å². The lowest BCUT2D eigenvalue weighted by molar-refractivity contribution is -0.136. The second kappa shape index (κ2) is 4.99. The maximum Gasteiger partial charge on any atom is 0.226 e. The first kappa shape index (κ1) is 14.3. The van der Waals surface area contributed by atoms with Crippen molar-refractivity contribution in [1.29, 1.82) is 0 Å². The van der Waals surface area contributed by atoms with Gasteiger partial charge >= 0.3 is 0 Å². The van der Waals surface area contributed by atoms with Crippen molar-refractivity contribution in [3.05, 3.63) is 0 Å². The molecular formula is C16H29N3O. The van der Waals surface area contributed by atoms with Crippen molar-refractivity contribution in [2.45, 2.75) is 45.6 Å². The van der Waals surface area contributed by atoms with Crippen molar-refractivity contribution in [3.8, 4) is 0 Å². The second-order valence-corrected chi connectivity index (χ2v) is 7.85. The van der Waals surface area contributed by atoms with E-state index in [9.17, 15) is 4.79 Å². The molecule has 1 saturated carbocycles. The summed E-state index contributed by atoms with van der Waals surface area (Å²) in [6, 6.07) is 0. The summed E-state index contributed by atoms with van der Waals surface area (Å²) in [5.74, 6) is 0.784. The van der Waals surface area contributed by atoms with Crippen molar-refractivity contribution in [1.82, 2.24) is 15.1 Å². The average Bonchev–Trinajstić information content (AvgIpc) is 3.11. The Bertz CT molecular complexity index is 374. The van der Waals surface area contributed by atoms with Crippen LogP contribution in [0.5, 0.6) is 0 Å². The van der Waals surface area contributed by atoms with Crippen LogP contribution in [0.3, 0.4) is 0 Å². The number of rotatable bonds is 1. The molecule has 2 heterocycles. The van der Waals surface area contributed by atoms with Crippen molar-refractivity contribution in [2.24, 2.45) is 11.3 Å². The number of hydrogen-bond donors (Lipinski definition) is 1. The van der Waals surface area contributed by atoms with Crippen molar-refractivity contribution >= 4 is 5.91 Å².